The van der Waals surface area contributed by atoms with Crippen molar-refractivity contribution in [1.82, 2.24) is 4.90 Å². The maximum absolute atomic E-state index is 11.2. The molecule has 1 heterocycles. The summed E-state index contributed by atoms with van der Waals surface area (Å²) in [5.74, 6) is 0. The summed E-state index contributed by atoms with van der Waals surface area (Å²) in [6.07, 6.45) is 3.73. The van der Waals surface area contributed by atoms with Crippen LogP contribution in [-0.4, -0.2) is 29.0 Å². The molecule has 0 aliphatic carbocycles. The molecule has 1 N–H and O–H groups in total. The van der Waals surface area contributed by atoms with Crippen molar-refractivity contribution in [3.63, 3.8) is 0 Å². The molecule has 0 saturated carbocycles. The Kier molecular flexibility index (Phi) is 4.95. The van der Waals surface area contributed by atoms with Gasteiger partial charge in [0.15, 0.2) is 0 Å². The molecule has 0 spiro atoms. The number of piperidine rings is 1. The molecule has 1 aromatic rings. The Morgan fingerprint density at radius 1 is 1.45 bits per heavy atom. The van der Waals surface area contributed by atoms with Gasteiger partial charge in [0, 0.05) is 25.2 Å². The van der Waals surface area contributed by atoms with E-state index in [1.54, 1.807) is 6.07 Å². The van der Waals surface area contributed by atoms with E-state index in [9.17, 15) is 10.1 Å². The lowest BCUT2D eigenvalue weighted by atomic mass is 10.0. The van der Waals surface area contributed by atoms with Crippen LogP contribution in [-0.2, 0) is 6.54 Å². The number of nitrogens with zero attached hydrogens (tertiary/aromatic N) is 2. The highest BCUT2D eigenvalue weighted by atomic mass is 16.6. The molecule has 5 nitrogen and oxygen atoms in total. The number of anilines is 1. The molecular formula is C15H23N3O2. The monoisotopic (exact) mass is 277 g/mol. The minimum atomic E-state index is -0.304. The van der Waals surface area contributed by atoms with Gasteiger partial charge in [-0.15, -0.1) is 0 Å². The van der Waals surface area contributed by atoms with Crippen molar-refractivity contribution >= 4 is 11.4 Å². The first kappa shape index (κ1) is 14.8. The van der Waals surface area contributed by atoms with Crippen LogP contribution in [0.4, 0.5) is 11.4 Å². The van der Waals surface area contributed by atoms with Gasteiger partial charge >= 0.3 is 0 Å². The third-order valence-corrected chi connectivity index (χ3v) is 3.95. The fourth-order valence-corrected chi connectivity index (χ4v) is 2.79. The van der Waals surface area contributed by atoms with E-state index in [4.69, 9.17) is 0 Å². The fraction of sp³-hybridized carbons (Fsp3) is 0.600. The summed E-state index contributed by atoms with van der Waals surface area (Å²) in [4.78, 5) is 13.3. The number of likely N-dealkylation sites (tertiary alicyclic amines) is 1. The number of benzene rings is 1. The van der Waals surface area contributed by atoms with Gasteiger partial charge in [0.25, 0.3) is 5.69 Å². The van der Waals surface area contributed by atoms with Crippen molar-refractivity contribution in [3.8, 4) is 0 Å². The van der Waals surface area contributed by atoms with E-state index < -0.39 is 0 Å². The number of hydrogen-bond donors (Lipinski definition) is 1. The Hall–Kier alpha value is -1.62. The van der Waals surface area contributed by atoms with Crippen molar-refractivity contribution in [2.75, 3.05) is 18.4 Å². The van der Waals surface area contributed by atoms with E-state index in [1.165, 1.54) is 19.3 Å². The van der Waals surface area contributed by atoms with E-state index in [0.717, 1.165) is 18.7 Å². The quantitative estimate of drug-likeness (QED) is 0.662. The standard InChI is InChI=1S/C15H23N3O2/c1-3-16-14-8-7-13(10-15(14)18(19)20)11-17-9-5-4-6-12(17)2/h7-8,10,12,16H,3-6,9,11H2,1-2H3. The molecule has 0 bridgehead atoms. The van der Waals surface area contributed by atoms with Crippen molar-refractivity contribution in [2.45, 2.75) is 45.7 Å². The van der Waals surface area contributed by atoms with E-state index in [2.05, 4.69) is 17.1 Å². The number of rotatable bonds is 5. The third-order valence-electron chi connectivity index (χ3n) is 3.95. The predicted molar refractivity (Wildman–Crippen MR) is 81.0 cm³/mol. The highest BCUT2D eigenvalue weighted by molar-refractivity contribution is 5.62. The molecule has 20 heavy (non-hydrogen) atoms. The van der Waals surface area contributed by atoms with Crippen molar-refractivity contribution in [1.29, 1.82) is 0 Å². The second kappa shape index (κ2) is 6.70. The molecule has 0 aromatic heterocycles. The van der Waals surface area contributed by atoms with Crippen LogP contribution in [0.2, 0.25) is 0 Å². The summed E-state index contributed by atoms with van der Waals surface area (Å²) in [5.41, 5.74) is 1.80. The van der Waals surface area contributed by atoms with Crippen LogP contribution in [0.25, 0.3) is 0 Å². The van der Waals surface area contributed by atoms with Crippen molar-refractivity contribution in [2.24, 2.45) is 0 Å². The average molecular weight is 277 g/mol. The highest BCUT2D eigenvalue weighted by Crippen LogP contribution is 2.27. The molecule has 1 aliphatic rings. The summed E-state index contributed by atoms with van der Waals surface area (Å²) in [6.45, 7) is 6.75. The summed E-state index contributed by atoms with van der Waals surface area (Å²) in [7, 11) is 0. The second-order valence-electron chi connectivity index (χ2n) is 5.45. The van der Waals surface area contributed by atoms with E-state index in [0.29, 0.717) is 18.3 Å². The van der Waals surface area contributed by atoms with Crippen molar-refractivity contribution < 1.29 is 4.92 Å². The molecule has 1 unspecified atom stereocenters. The maximum Gasteiger partial charge on any atom is 0.292 e. The normalized spacial score (nSPS) is 19.8. The van der Waals surface area contributed by atoms with Crippen LogP contribution in [0.5, 0.6) is 0 Å². The van der Waals surface area contributed by atoms with Gasteiger partial charge in [-0.25, -0.2) is 0 Å². The second-order valence-corrected chi connectivity index (χ2v) is 5.45. The molecule has 5 heteroatoms. The van der Waals surface area contributed by atoms with Crippen LogP contribution in [0.15, 0.2) is 18.2 Å². The van der Waals surface area contributed by atoms with Gasteiger partial charge < -0.3 is 5.32 Å². The lowest BCUT2D eigenvalue weighted by molar-refractivity contribution is -0.384. The van der Waals surface area contributed by atoms with Crippen molar-refractivity contribution in [3.05, 3.63) is 33.9 Å². The zero-order valence-corrected chi connectivity index (χ0v) is 12.3. The van der Waals surface area contributed by atoms with Gasteiger partial charge in [0.2, 0.25) is 0 Å². The Labute approximate surface area is 120 Å². The fourth-order valence-electron chi connectivity index (χ4n) is 2.79. The van der Waals surface area contributed by atoms with Crippen LogP contribution in [0.3, 0.4) is 0 Å². The number of nitro groups is 1. The van der Waals surface area contributed by atoms with Crippen LogP contribution < -0.4 is 5.32 Å². The Morgan fingerprint density at radius 2 is 2.25 bits per heavy atom. The SMILES string of the molecule is CCNc1ccc(CN2CCCCC2C)cc1[N+](=O)[O-]. The minimum Gasteiger partial charge on any atom is -0.380 e. The number of nitro benzene ring substituents is 1. The van der Waals surface area contributed by atoms with Gasteiger partial charge in [-0.1, -0.05) is 12.5 Å². The van der Waals surface area contributed by atoms with Gasteiger partial charge in [0.05, 0.1) is 4.92 Å². The first-order valence-electron chi connectivity index (χ1n) is 7.37. The molecular weight excluding hydrogens is 254 g/mol. The molecule has 110 valence electrons. The first-order valence-corrected chi connectivity index (χ1v) is 7.37. The van der Waals surface area contributed by atoms with Crippen LogP contribution in [0, 0.1) is 10.1 Å². The lowest BCUT2D eigenvalue weighted by Crippen LogP contribution is -2.36. The summed E-state index contributed by atoms with van der Waals surface area (Å²) >= 11 is 0. The van der Waals surface area contributed by atoms with Crippen LogP contribution >= 0.6 is 0 Å². The Bertz CT molecular complexity index is 476. The predicted octanol–water partition coefficient (Wildman–Crippen LogP) is 3.40. The third kappa shape index (κ3) is 3.48. The number of hydrogen-bond acceptors (Lipinski definition) is 4. The van der Waals surface area contributed by atoms with Gasteiger partial charge in [0.1, 0.15) is 5.69 Å². The van der Waals surface area contributed by atoms with Gasteiger partial charge in [-0.3, -0.25) is 15.0 Å². The van der Waals surface area contributed by atoms with E-state index in [-0.39, 0.29) is 10.6 Å². The molecule has 0 radical (unpaired) electrons. The zero-order chi connectivity index (χ0) is 14.5. The zero-order valence-electron chi connectivity index (χ0n) is 12.3. The Balaban J connectivity index is 2.15. The van der Waals surface area contributed by atoms with Gasteiger partial charge in [-0.05, 0) is 44.9 Å². The minimum absolute atomic E-state index is 0.175. The van der Waals surface area contributed by atoms with E-state index >= 15 is 0 Å². The van der Waals surface area contributed by atoms with Gasteiger partial charge in [-0.2, -0.15) is 0 Å². The average Bonchev–Trinajstić information content (AvgIpc) is 2.43. The summed E-state index contributed by atoms with van der Waals surface area (Å²) in [6, 6.07) is 6.09. The molecule has 0 amide bonds. The topological polar surface area (TPSA) is 58.4 Å². The smallest absolute Gasteiger partial charge is 0.292 e. The molecule has 2 rings (SSSR count). The summed E-state index contributed by atoms with van der Waals surface area (Å²) < 4.78 is 0. The maximum atomic E-state index is 11.2. The Morgan fingerprint density at radius 3 is 2.90 bits per heavy atom. The lowest BCUT2D eigenvalue weighted by Gasteiger charge is -2.33. The molecule has 1 fully saturated rings. The first-order chi connectivity index (χ1) is 9.61. The molecule has 1 atom stereocenters. The number of nitrogens with one attached hydrogen (secondary N) is 1. The highest BCUT2D eigenvalue weighted by Gasteiger charge is 2.20. The molecule has 1 aliphatic heterocycles. The van der Waals surface area contributed by atoms with Crippen LogP contribution in [0.1, 0.15) is 38.7 Å². The molecule has 1 saturated heterocycles. The molecule has 1 aromatic carbocycles. The largest absolute Gasteiger partial charge is 0.380 e. The summed E-state index contributed by atoms with van der Waals surface area (Å²) in [5, 5.41) is 14.2. The van der Waals surface area contributed by atoms with E-state index in [1.807, 2.05) is 19.1 Å².